The third-order valence-corrected chi connectivity index (χ3v) is 2.51. The van der Waals surface area contributed by atoms with Crippen LogP contribution in [0, 0.1) is 5.82 Å². The topological polar surface area (TPSA) is 72.8 Å². The summed E-state index contributed by atoms with van der Waals surface area (Å²) in [5.41, 5.74) is 0.325. The number of carbonyl (C=O) groups is 2. The highest BCUT2D eigenvalue weighted by Gasteiger charge is 2.19. The van der Waals surface area contributed by atoms with E-state index in [-0.39, 0.29) is 12.4 Å². The van der Waals surface area contributed by atoms with Crippen molar-refractivity contribution in [2.24, 2.45) is 0 Å². The summed E-state index contributed by atoms with van der Waals surface area (Å²) in [6, 6.07) is 3.74. The van der Waals surface area contributed by atoms with Gasteiger partial charge in [-0.1, -0.05) is 6.92 Å². The van der Waals surface area contributed by atoms with Crippen molar-refractivity contribution in [1.82, 2.24) is 0 Å². The maximum atomic E-state index is 13.5. The Labute approximate surface area is 122 Å². The summed E-state index contributed by atoms with van der Waals surface area (Å²) in [6.45, 7) is 3.65. The van der Waals surface area contributed by atoms with E-state index in [0.29, 0.717) is 12.0 Å². The Hall–Kier alpha value is -2.37. The molecule has 0 spiro atoms. The Bertz CT molecular complexity index is 539. The van der Waals surface area contributed by atoms with Crippen molar-refractivity contribution in [2.45, 2.75) is 26.4 Å². The molecule has 6 heteroatoms. The molecule has 114 valence electrons. The molecule has 0 aromatic heterocycles. The number of esters is 1. The second-order valence-corrected chi connectivity index (χ2v) is 4.16. The Morgan fingerprint density at radius 3 is 2.62 bits per heavy atom. The van der Waals surface area contributed by atoms with Gasteiger partial charge in [-0.2, -0.15) is 0 Å². The van der Waals surface area contributed by atoms with Gasteiger partial charge in [0.1, 0.15) is 11.6 Å². The fraction of sp³-hybridized carbons (Fsp3) is 0.333. The summed E-state index contributed by atoms with van der Waals surface area (Å²) in [6.07, 6.45) is 1.67. The van der Waals surface area contributed by atoms with Gasteiger partial charge in [0.2, 0.25) is 0 Å². The minimum absolute atomic E-state index is 0.139. The molecule has 0 aliphatic rings. The van der Waals surface area contributed by atoms with Gasteiger partial charge < -0.3 is 14.6 Å². The molecule has 1 rings (SSSR count). The number of benzene rings is 1. The monoisotopic (exact) mass is 296 g/mol. The average Bonchev–Trinajstić information content (AvgIpc) is 2.42. The second kappa shape index (κ2) is 8.04. The van der Waals surface area contributed by atoms with Gasteiger partial charge in [-0.15, -0.1) is 0 Å². The van der Waals surface area contributed by atoms with Crippen LogP contribution in [0.15, 0.2) is 24.3 Å². The quantitative estimate of drug-likeness (QED) is 0.618. The van der Waals surface area contributed by atoms with E-state index in [1.165, 1.54) is 12.1 Å². The molecular weight excluding hydrogens is 279 g/mol. The number of hydrogen-bond acceptors (Lipinski definition) is 4. The lowest BCUT2D eigenvalue weighted by Gasteiger charge is -2.16. The Kier molecular flexibility index (Phi) is 6.39. The SMILES string of the molecule is CCOC(=O)C(CC)Oc1cc(F)cc(/C=C/C(=O)O)c1. The molecule has 1 aromatic rings. The van der Waals surface area contributed by atoms with Crippen LogP contribution in [0.2, 0.25) is 0 Å². The first-order valence-corrected chi connectivity index (χ1v) is 6.51. The molecule has 0 fully saturated rings. The van der Waals surface area contributed by atoms with E-state index in [0.717, 1.165) is 18.2 Å². The Morgan fingerprint density at radius 1 is 1.33 bits per heavy atom. The normalized spacial score (nSPS) is 12.1. The predicted octanol–water partition coefficient (Wildman–Crippen LogP) is 2.64. The standard InChI is InChI=1S/C15H17FO5/c1-3-13(15(19)20-4-2)21-12-8-10(5-6-14(17)18)7-11(16)9-12/h5-9,13H,3-4H2,1-2H3,(H,17,18)/b6-5+. The van der Waals surface area contributed by atoms with E-state index >= 15 is 0 Å². The predicted molar refractivity (Wildman–Crippen MR) is 74.4 cm³/mol. The number of ether oxygens (including phenoxy) is 2. The maximum absolute atomic E-state index is 13.5. The van der Waals surface area contributed by atoms with Crippen molar-refractivity contribution in [3.63, 3.8) is 0 Å². The van der Waals surface area contributed by atoms with E-state index in [9.17, 15) is 14.0 Å². The van der Waals surface area contributed by atoms with E-state index in [2.05, 4.69) is 0 Å². The molecular formula is C15H17FO5. The number of aliphatic carboxylic acids is 1. The molecule has 0 saturated heterocycles. The van der Waals surface area contributed by atoms with Gasteiger partial charge >= 0.3 is 11.9 Å². The number of halogens is 1. The molecule has 0 amide bonds. The van der Waals surface area contributed by atoms with Gasteiger partial charge in [-0.3, -0.25) is 0 Å². The zero-order chi connectivity index (χ0) is 15.8. The lowest BCUT2D eigenvalue weighted by molar-refractivity contribution is -0.151. The fourth-order valence-electron chi connectivity index (χ4n) is 1.61. The minimum atomic E-state index is -1.14. The van der Waals surface area contributed by atoms with Crippen LogP contribution in [0.5, 0.6) is 5.75 Å². The van der Waals surface area contributed by atoms with Gasteiger partial charge in [-0.05, 0) is 37.1 Å². The van der Waals surface area contributed by atoms with Crippen LogP contribution >= 0.6 is 0 Å². The third-order valence-electron chi connectivity index (χ3n) is 2.51. The first-order chi connectivity index (χ1) is 9.96. The summed E-state index contributed by atoms with van der Waals surface area (Å²) in [5.74, 6) is -2.11. The van der Waals surface area contributed by atoms with E-state index in [4.69, 9.17) is 14.6 Å². The van der Waals surface area contributed by atoms with Gasteiger partial charge in [0, 0.05) is 12.1 Å². The first-order valence-electron chi connectivity index (χ1n) is 6.51. The van der Waals surface area contributed by atoms with Gasteiger partial charge in [0.05, 0.1) is 6.61 Å². The zero-order valence-corrected chi connectivity index (χ0v) is 11.8. The number of carboxylic acid groups (broad SMARTS) is 1. The summed E-state index contributed by atoms with van der Waals surface area (Å²) in [4.78, 5) is 22.1. The van der Waals surface area contributed by atoms with E-state index < -0.39 is 23.9 Å². The largest absolute Gasteiger partial charge is 0.479 e. The van der Waals surface area contributed by atoms with Crippen LogP contribution in [-0.2, 0) is 14.3 Å². The van der Waals surface area contributed by atoms with Crippen molar-refractivity contribution in [3.8, 4) is 5.75 Å². The first kappa shape index (κ1) is 16.7. The molecule has 1 aromatic carbocycles. The Morgan fingerprint density at radius 2 is 2.05 bits per heavy atom. The minimum Gasteiger partial charge on any atom is -0.479 e. The van der Waals surface area contributed by atoms with Crippen molar-refractivity contribution < 1.29 is 28.6 Å². The molecule has 1 N–H and O–H groups in total. The molecule has 1 unspecified atom stereocenters. The Balaban J connectivity index is 2.91. The molecule has 21 heavy (non-hydrogen) atoms. The fourth-order valence-corrected chi connectivity index (χ4v) is 1.61. The van der Waals surface area contributed by atoms with Crippen LogP contribution in [0.25, 0.3) is 6.08 Å². The van der Waals surface area contributed by atoms with Gasteiger partial charge in [0.25, 0.3) is 0 Å². The highest BCUT2D eigenvalue weighted by atomic mass is 19.1. The molecule has 1 atom stereocenters. The average molecular weight is 296 g/mol. The van der Waals surface area contributed by atoms with Crippen LogP contribution in [0.1, 0.15) is 25.8 Å². The van der Waals surface area contributed by atoms with Crippen molar-refractivity contribution in [2.75, 3.05) is 6.61 Å². The molecule has 0 aliphatic heterocycles. The summed E-state index contributed by atoms with van der Waals surface area (Å²) in [7, 11) is 0. The summed E-state index contributed by atoms with van der Waals surface area (Å²) < 4.78 is 23.7. The number of carbonyl (C=O) groups excluding carboxylic acids is 1. The molecule has 0 bridgehead atoms. The lowest BCUT2D eigenvalue weighted by Crippen LogP contribution is -2.28. The van der Waals surface area contributed by atoms with Crippen LogP contribution < -0.4 is 4.74 Å². The summed E-state index contributed by atoms with van der Waals surface area (Å²) >= 11 is 0. The molecule has 0 saturated carbocycles. The number of carboxylic acids is 1. The van der Waals surface area contributed by atoms with E-state index in [1.807, 2.05) is 0 Å². The van der Waals surface area contributed by atoms with Crippen LogP contribution in [-0.4, -0.2) is 29.8 Å². The molecule has 0 heterocycles. The molecule has 0 radical (unpaired) electrons. The number of hydrogen-bond donors (Lipinski definition) is 1. The van der Waals surface area contributed by atoms with Crippen LogP contribution in [0.4, 0.5) is 4.39 Å². The molecule has 0 aliphatic carbocycles. The lowest BCUT2D eigenvalue weighted by atomic mass is 10.2. The van der Waals surface area contributed by atoms with E-state index in [1.54, 1.807) is 13.8 Å². The van der Waals surface area contributed by atoms with Gasteiger partial charge in [0.15, 0.2) is 6.10 Å². The highest BCUT2D eigenvalue weighted by Crippen LogP contribution is 2.20. The number of rotatable bonds is 7. The van der Waals surface area contributed by atoms with Crippen LogP contribution in [0.3, 0.4) is 0 Å². The summed E-state index contributed by atoms with van der Waals surface area (Å²) in [5, 5.41) is 8.56. The zero-order valence-electron chi connectivity index (χ0n) is 11.8. The van der Waals surface area contributed by atoms with Crippen molar-refractivity contribution in [3.05, 3.63) is 35.7 Å². The van der Waals surface area contributed by atoms with Gasteiger partial charge in [-0.25, -0.2) is 14.0 Å². The molecule has 5 nitrogen and oxygen atoms in total. The van der Waals surface area contributed by atoms with Crippen molar-refractivity contribution in [1.29, 1.82) is 0 Å². The second-order valence-electron chi connectivity index (χ2n) is 4.16. The van der Waals surface area contributed by atoms with Crippen molar-refractivity contribution >= 4 is 18.0 Å². The maximum Gasteiger partial charge on any atom is 0.347 e. The highest BCUT2D eigenvalue weighted by molar-refractivity contribution is 5.85. The third kappa shape index (κ3) is 5.64. The smallest absolute Gasteiger partial charge is 0.347 e.